The molecule has 0 aromatic heterocycles. The van der Waals surface area contributed by atoms with Gasteiger partial charge in [0.15, 0.2) is 0 Å². The topological polar surface area (TPSA) is 63.3 Å². The van der Waals surface area contributed by atoms with E-state index in [4.69, 9.17) is 10.8 Å². The van der Waals surface area contributed by atoms with Gasteiger partial charge in [0, 0.05) is 6.42 Å². The number of carbonyl (C=O) groups is 1. The summed E-state index contributed by atoms with van der Waals surface area (Å²) < 4.78 is 0. The van der Waals surface area contributed by atoms with Gasteiger partial charge in [-0.05, 0) is 6.92 Å². The minimum Gasteiger partial charge on any atom is -0.480 e. The normalized spacial score (nSPS) is 11.3. The highest BCUT2D eigenvalue weighted by Crippen LogP contribution is 1.83. The van der Waals surface area contributed by atoms with Crippen LogP contribution < -0.4 is 5.73 Å². The number of aliphatic carboxylic acids is 1. The summed E-state index contributed by atoms with van der Waals surface area (Å²) in [5, 5.41) is 8.22. The maximum Gasteiger partial charge on any atom is 0.321 e. The molecule has 0 spiro atoms. The van der Waals surface area contributed by atoms with Crippen LogP contribution in [0.5, 0.6) is 0 Å². The van der Waals surface area contributed by atoms with Crippen LogP contribution in [0, 0.1) is 11.8 Å². The summed E-state index contributed by atoms with van der Waals surface area (Å²) in [7, 11) is 0. The predicted octanol–water partition coefficient (Wildman–Crippen LogP) is -0.188. The molecule has 0 aromatic carbocycles. The monoisotopic (exact) mass is 127 g/mol. The largest absolute Gasteiger partial charge is 0.480 e. The van der Waals surface area contributed by atoms with Crippen molar-refractivity contribution >= 4 is 5.97 Å². The van der Waals surface area contributed by atoms with Gasteiger partial charge in [-0.3, -0.25) is 4.79 Å². The minimum atomic E-state index is -1.00. The first-order valence-corrected chi connectivity index (χ1v) is 2.56. The van der Waals surface area contributed by atoms with Crippen LogP contribution in [0.25, 0.3) is 0 Å². The quantitative estimate of drug-likeness (QED) is 0.505. The molecule has 0 fully saturated rings. The Morgan fingerprint density at radius 1 is 1.89 bits per heavy atom. The summed E-state index contributed by atoms with van der Waals surface area (Å²) in [6.07, 6.45) is 0.228. The van der Waals surface area contributed by atoms with Crippen molar-refractivity contribution in [2.24, 2.45) is 5.73 Å². The second kappa shape index (κ2) is 3.93. The van der Waals surface area contributed by atoms with Crippen molar-refractivity contribution in [1.82, 2.24) is 0 Å². The maximum absolute atomic E-state index is 10.0. The summed E-state index contributed by atoms with van der Waals surface area (Å²) >= 11 is 0. The smallest absolute Gasteiger partial charge is 0.321 e. The van der Waals surface area contributed by atoms with Gasteiger partial charge in [0.25, 0.3) is 0 Å². The van der Waals surface area contributed by atoms with Gasteiger partial charge in [-0.25, -0.2) is 0 Å². The molecule has 0 aliphatic heterocycles. The molecule has 0 bridgehead atoms. The van der Waals surface area contributed by atoms with E-state index in [-0.39, 0.29) is 6.42 Å². The summed E-state index contributed by atoms with van der Waals surface area (Å²) in [4.78, 5) is 10.0. The van der Waals surface area contributed by atoms with Gasteiger partial charge in [0.1, 0.15) is 6.04 Å². The molecule has 0 radical (unpaired) electrons. The van der Waals surface area contributed by atoms with Crippen LogP contribution in [0.4, 0.5) is 0 Å². The highest BCUT2D eigenvalue weighted by atomic mass is 16.4. The summed E-state index contributed by atoms with van der Waals surface area (Å²) in [5.41, 5.74) is 5.10. The molecule has 0 heterocycles. The molecule has 0 rings (SSSR count). The fourth-order valence-corrected chi connectivity index (χ4v) is 0.299. The van der Waals surface area contributed by atoms with Crippen LogP contribution in [0.2, 0.25) is 0 Å². The van der Waals surface area contributed by atoms with Gasteiger partial charge in [-0.1, -0.05) is 0 Å². The average Bonchev–Trinajstić information content (AvgIpc) is 1.82. The third-order valence-electron chi connectivity index (χ3n) is 0.816. The van der Waals surface area contributed by atoms with E-state index in [1.54, 1.807) is 6.92 Å². The van der Waals surface area contributed by atoms with E-state index >= 15 is 0 Å². The zero-order valence-electron chi connectivity index (χ0n) is 5.22. The van der Waals surface area contributed by atoms with E-state index in [2.05, 4.69) is 11.8 Å². The summed E-state index contributed by atoms with van der Waals surface area (Å²) in [6, 6.07) is -0.836. The Kier molecular flexibility index (Phi) is 3.49. The van der Waals surface area contributed by atoms with Gasteiger partial charge in [-0.2, -0.15) is 0 Å². The fourth-order valence-electron chi connectivity index (χ4n) is 0.299. The average molecular weight is 127 g/mol. The van der Waals surface area contributed by atoms with Gasteiger partial charge in [0.05, 0.1) is 0 Å². The van der Waals surface area contributed by atoms with E-state index in [0.29, 0.717) is 0 Å². The Balaban J connectivity index is 3.59. The van der Waals surface area contributed by atoms with Crippen molar-refractivity contribution in [2.75, 3.05) is 0 Å². The van der Waals surface area contributed by atoms with E-state index < -0.39 is 12.0 Å². The highest BCUT2D eigenvalue weighted by Gasteiger charge is 2.07. The molecule has 3 heteroatoms. The van der Waals surface area contributed by atoms with Gasteiger partial charge >= 0.3 is 5.97 Å². The van der Waals surface area contributed by atoms with Gasteiger partial charge in [0.2, 0.25) is 0 Å². The highest BCUT2D eigenvalue weighted by molar-refractivity contribution is 5.73. The second-order valence-electron chi connectivity index (χ2n) is 1.58. The molecule has 1 atom stereocenters. The fraction of sp³-hybridized carbons (Fsp3) is 0.500. The first-order valence-electron chi connectivity index (χ1n) is 2.56. The molecule has 0 unspecified atom stereocenters. The number of hydrogen-bond donors (Lipinski definition) is 2. The number of hydrogen-bond acceptors (Lipinski definition) is 2. The molecule has 0 amide bonds. The molecule has 0 saturated heterocycles. The molecule has 0 saturated carbocycles. The van der Waals surface area contributed by atoms with Gasteiger partial charge < -0.3 is 10.8 Å². The zero-order valence-corrected chi connectivity index (χ0v) is 5.22. The third-order valence-corrected chi connectivity index (χ3v) is 0.816. The van der Waals surface area contributed by atoms with Crippen LogP contribution >= 0.6 is 0 Å². The van der Waals surface area contributed by atoms with E-state index in [0.717, 1.165) is 0 Å². The first-order chi connectivity index (χ1) is 4.18. The lowest BCUT2D eigenvalue weighted by molar-refractivity contribution is -0.138. The van der Waals surface area contributed by atoms with Crippen molar-refractivity contribution < 1.29 is 9.90 Å². The van der Waals surface area contributed by atoms with Crippen LogP contribution in [0.1, 0.15) is 13.3 Å². The van der Waals surface area contributed by atoms with Crippen molar-refractivity contribution in [2.45, 2.75) is 19.4 Å². The maximum atomic E-state index is 10.0. The zero-order chi connectivity index (χ0) is 7.28. The first kappa shape index (κ1) is 7.99. The molecular weight excluding hydrogens is 118 g/mol. The number of carboxylic acids is 1. The standard InChI is InChI=1S/C6H9NO2/c1-2-3-4-5(7)6(8)9/h5H,4,7H2,1H3,(H,8,9)/t5-/m1/s1. The molecule has 9 heavy (non-hydrogen) atoms. The molecule has 0 aromatic rings. The number of nitrogens with two attached hydrogens (primary N) is 1. The Bertz CT molecular complexity index is 154. The number of rotatable bonds is 2. The lowest BCUT2D eigenvalue weighted by Gasteiger charge is -1.97. The molecule has 0 aliphatic rings. The van der Waals surface area contributed by atoms with Crippen LogP contribution in [0.3, 0.4) is 0 Å². The van der Waals surface area contributed by atoms with Crippen LogP contribution in [-0.2, 0) is 4.79 Å². The Morgan fingerprint density at radius 2 is 2.44 bits per heavy atom. The van der Waals surface area contributed by atoms with E-state index in [1.165, 1.54) is 0 Å². The van der Waals surface area contributed by atoms with Crippen molar-refractivity contribution in [3.05, 3.63) is 0 Å². The molecule has 0 aliphatic carbocycles. The molecule has 3 N–H and O–H groups in total. The van der Waals surface area contributed by atoms with Crippen LogP contribution in [0.15, 0.2) is 0 Å². The van der Waals surface area contributed by atoms with Crippen molar-refractivity contribution in [1.29, 1.82) is 0 Å². The Labute approximate surface area is 53.9 Å². The molecule has 50 valence electrons. The molecule has 3 nitrogen and oxygen atoms in total. The lowest BCUT2D eigenvalue weighted by atomic mass is 10.2. The third kappa shape index (κ3) is 3.56. The lowest BCUT2D eigenvalue weighted by Crippen LogP contribution is -2.29. The second-order valence-corrected chi connectivity index (χ2v) is 1.58. The summed E-state index contributed by atoms with van der Waals surface area (Å²) in [5.74, 6) is 4.13. The van der Waals surface area contributed by atoms with Crippen molar-refractivity contribution in [3.8, 4) is 11.8 Å². The van der Waals surface area contributed by atoms with E-state index in [9.17, 15) is 4.79 Å². The Morgan fingerprint density at radius 3 is 2.78 bits per heavy atom. The minimum absolute atomic E-state index is 0.228. The Hall–Kier alpha value is -1.01. The number of carboxylic acid groups (broad SMARTS) is 1. The molecular formula is C6H9NO2. The predicted molar refractivity (Wildman–Crippen MR) is 33.7 cm³/mol. The van der Waals surface area contributed by atoms with Crippen LogP contribution in [-0.4, -0.2) is 17.1 Å². The van der Waals surface area contributed by atoms with Crippen molar-refractivity contribution in [3.63, 3.8) is 0 Å². The van der Waals surface area contributed by atoms with E-state index in [1.807, 2.05) is 0 Å². The summed E-state index contributed by atoms with van der Waals surface area (Å²) in [6.45, 7) is 1.65. The van der Waals surface area contributed by atoms with Gasteiger partial charge in [-0.15, -0.1) is 11.8 Å². The SMILES string of the molecule is CC#CC[C@@H](N)C(=O)O.